The van der Waals surface area contributed by atoms with Crippen LogP contribution in [-0.2, 0) is 16.2 Å². The molecular formula is C26H21FN2O5S. The first-order chi connectivity index (χ1) is 16.9. The van der Waals surface area contributed by atoms with Crippen LogP contribution in [0.15, 0.2) is 77.7 Å². The van der Waals surface area contributed by atoms with Gasteiger partial charge in [0.15, 0.2) is 0 Å². The minimum absolute atomic E-state index is 0.185. The van der Waals surface area contributed by atoms with Crippen LogP contribution in [0.1, 0.15) is 11.1 Å². The van der Waals surface area contributed by atoms with Crippen molar-refractivity contribution in [3.05, 3.63) is 94.6 Å². The van der Waals surface area contributed by atoms with Crippen molar-refractivity contribution >= 4 is 40.6 Å². The summed E-state index contributed by atoms with van der Waals surface area (Å²) in [5, 5.41) is 2.13. The largest absolute Gasteiger partial charge is 0.497 e. The topological polar surface area (TPSA) is 84.9 Å². The van der Waals surface area contributed by atoms with Crippen LogP contribution in [0, 0.1) is 5.82 Å². The zero-order chi connectivity index (χ0) is 24.8. The molecule has 3 aromatic carbocycles. The van der Waals surface area contributed by atoms with Gasteiger partial charge >= 0.3 is 0 Å². The first-order valence-corrected chi connectivity index (χ1v) is 11.4. The Morgan fingerprint density at radius 2 is 1.74 bits per heavy atom. The standard InChI is InChI=1S/C26H21FN2O5S/c1-33-21-12-10-20(11-13-21)28-24(30)15-29-25(31)23(35-26(29)32)14-18-4-2-3-5-22(18)34-16-17-6-8-19(27)9-7-17/h2-14H,15-16H2,1H3,(H,28,30)/b23-14-. The molecule has 0 spiro atoms. The third-order valence-electron chi connectivity index (χ3n) is 5.06. The summed E-state index contributed by atoms with van der Waals surface area (Å²) in [5.41, 5.74) is 1.90. The lowest BCUT2D eigenvalue weighted by Crippen LogP contribution is -2.36. The van der Waals surface area contributed by atoms with E-state index in [2.05, 4.69) is 5.32 Å². The van der Waals surface area contributed by atoms with Crippen LogP contribution in [0.25, 0.3) is 6.08 Å². The van der Waals surface area contributed by atoms with Crippen LogP contribution in [0.3, 0.4) is 0 Å². The molecule has 3 aromatic rings. The van der Waals surface area contributed by atoms with Gasteiger partial charge in [-0.05, 0) is 65.9 Å². The molecule has 1 aliphatic rings. The van der Waals surface area contributed by atoms with Gasteiger partial charge in [-0.25, -0.2) is 4.39 Å². The Balaban J connectivity index is 1.42. The van der Waals surface area contributed by atoms with Crippen molar-refractivity contribution in [1.82, 2.24) is 4.90 Å². The highest BCUT2D eigenvalue weighted by molar-refractivity contribution is 8.18. The maximum absolute atomic E-state index is 13.1. The van der Waals surface area contributed by atoms with Gasteiger partial charge in [-0.1, -0.05) is 30.3 Å². The first kappa shape index (κ1) is 24.0. The molecule has 178 valence electrons. The molecule has 0 saturated carbocycles. The zero-order valence-corrected chi connectivity index (χ0v) is 19.5. The minimum Gasteiger partial charge on any atom is -0.497 e. The van der Waals surface area contributed by atoms with Crippen LogP contribution >= 0.6 is 11.8 Å². The van der Waals surface area contributed by atoms with E-state index in [0.717, 1.165) is 22.2 Å². The summed E-state index contributed by atoms with van der Waals surface area (Å²) in [7, 11) is 1.54. The molecule has 1 heterocycles. The van der Waals surface area contributed by atoms with Crippen molar-refractivity contribution in [3.8, 4) is 11.5 Å². The van der Waals surface area contributed by atoms with Crippen molar-refractivity contribution in [2.45, 2.75) is 6.61 Å². The van der Waals surface area contributed by atoms with E-state index in [1.165, 1.54) is 19.2 Å². The lowest BCUT2D eigenvalue weighted by atomic mass is 10.1. The van der Waals surface area contributed by atoms with E-state index < -0.39 is 23.6 Å². The molecule has 0 aliphatic carbocycles. The summed E-state index contributed by atoms with van der Waals surface area (Å²) in [5.74, 6) is -0.246. The fourth-order valence-electron chi connectivity index (χ4n) is 3.27. The summed E-state index contributed by atoms with van der Waals surface area (Å²) < 4.78 is 24.0. The second-order valence-corrected chi connectivity index (χ2v) is 8.49. The van der Waals surface area contributed by atoms with Gasteiger partial charge in [-0.15, -0.1) is 0 Å². The Morgan fingerprint density at radius 3 is 2.46 bits per heavy atom. The molecule has 1 aliphatic heterocycles. The highest BCUT2D eigenvalue weighted by Gasteiger charge is 2.36. The van der Waals surface area contributed by atoms with Crippen molar-refractivity contribution in [2.24, 2.45) is 0 Å². The molecule has 0 atom stereocenters. The van der Waals surface area contributed by atoms with Gasteiger partial charge in [0.25, 0.3) is 11.1 Å². The van der Waals surface area contributed by atoms with Gasteiger partial charge in [0.2, 0.25) is 5.91 Å². The number of hydrogen-bond acceptors (Lipinski definition) is 6. The van der Waals surface area contributed by atoms with Crippen LogP contribution in [-0.4, -0.2) is 35.6 Å². The molecule has 0 bridgehead atoms. The molecule has 0 radical (unpaired) electrons. The van der Waals surface area contributed by atoms with E-state index in [1.807, 2.05) is 0 Å². The lowest BCUT2D eigenvalue weighted by Gasteiger charge is -2.13. The number of para-hydroxylation sites is 1. The molecule has 0 aromatic heterocycles. The molecule has 1 fully saturated rings. The van der Waals surface area contributed by atoms with Crippen molar-refractivity contribution in [2.75, 3.05) is 19.0 Å². The number of hydrogen-bond donors (Lipinski definition) is 1. The maximum Gasteiger partial charge on any atom is 0.294 e. The molecule has 9 heteroatoms. The Morgan fingerprint density at radius 1 is 1.03 bits per heavy atom. The van der Waals surface area contributed by atoms with Crippen molar-refractivity contribution in [1.29, 1.82) is 0 Å². The third kappa shape index (κ3) is 6.07. The average molecular weight is 493 g/mol. The Labute approximate surface area is 205 Å². The summed E-state index contributed by atoms with van der Waals surface area (Å²) in [6, 6.07) is 19.7. The van der Waals surface area contributed by atoms with Crippen LogP contribution in [0.4, 0.5) is 14.9 Å². The summed E-state index contributed by atoms with van der Waals surface area (Å²) in [6.45, 7) is -0.200. The van der Waals surface area contributed by atoms with Gasteiger partial charge in [0.1, 0.15) is 30.5 Å². The molecule has 1 N–H and O–H groups in total. The Hall–Kier alpha value is -4.11. The van der Waals surface area contributed by atoms with Crippen LogP contribution in [0.2, 0.25) is 0 Å². The van der Waals surface area contributed by atoms with Crippen molar-refractivity contribution < 1.29 is 28.2 Å². The van der Waals surface area contributed by atoms with Gasteiger partial charge in [-0.3, -0.25) is 19.3 Å². The quantitative estimate of drug-likeness (QED) is 0.441. The normalized spacial score (nSPS) is 14.3. The molecule has 35 heavy (non-hydrogen) atoms. The number of imide groups is 1. The van der Waals surface area contributed by atoms with E-state index in [9.17, 15) is 18.8 Å². The van der Waals surface area contributed by atoms with Crippen molar-refractivity contribution in [3.63, 3.8) is 0 Å². The second-order valence-electron chi connectivity index (χ2n) is 7.50. The Kier molecular flexibility index (Phi) is 7.47. The number of carbonyl (C=O) groups is 3. The zero-order valence-electron chi connectivity index (χ0n) is 18.7. The smallest absolute Gasteiger partial charge is 0.294 e. The molecule has 4 rings (SSSR count). The number of amides is 3. The fourth-order valence-corrected chi connectivity index (χ4v) is 4.10. The molecule has 3 amide bonds. The highest BCUT2D eigenvalue weighted by Crippen LogP contribution is 2.34. The van der Waals surface area contributed by atoms with E-state index in [1.54, 1.807) is 66.7 Å². The SMILES string of the molecule is COc1ccc(NC(=O)CN2C(=O)S/C(=C\c3ccccc3OCc3ccc(F)cc3)C2=O)cc1. The average Bonchev–Trinajstić information content (AvgIpc) is 3.12. The molecular weight excluding hydrogens is 471 g/mol. The number of halogens is 1. The number of anilines is 1. The summed E-state index contributed by atoms with van der Waals surface area (Å²) in [6.07, 6.45) is 1.56. The number of methoxy groups -OCH3 is 1. The van der Waals surface area contributed by atoms with Crippen LogP contribution < -0.4 is 14.8 Å². The maximum atomic E-state index is 13.1. The number of benzene rings is 3. The van der Waals surface area contributed by atoms with E-state index in [-0.39, 0.29) is 17.3 Å². The number of nitrogens with zero attached hydrogens (tertiary/aromatic N) is 1. The summed E-state index contributed by atoms with van der Waals surface area (Å²) in [4.78, 5) is 38.8. The van der Waals surface area contributed by atoms with E-state index in [4.69, 9.17) is 9.47 Å². The van der Waals surface area contributed by atoms with E-state index >= 15 is 0 Å². The monoisotopic (exact) mass is 492 g/mol. The van der Waals surface area contributed by atoms with Crippen LogP contribution in [0.5, 0.6) is 11.5 Å². The van der Waals surface area contributed by atoms with Gasteiger partial charge < -0.3 is 14.8 Å². The summed E-state index contributed by atoms with van der Waals surface area (Å²) >= 11 is 0.759. The predicted molar refractivity (Wildman–Crippen MR) is 131 cm³/mol. The third-order valence-corrected chi connectivity index (χ3v) is 5.97. The minimum atomic E-state index is -0.557. The molecule has 0 unspecified atom stereocenters. The fraction of sp³-hybridized carbons (Fsp3) is 0.115. The highest BCUT2D eigenvalue weighted by atomic mass is 32.2. The second kappa shape index (κ2) is 10.9. The number of thioether (sulfide) groups is 1. The Bertz CT molecular complexity index is 1280. The number of ether oxygens (including phenoxy) is 2. The first-order valence-electron chi connectivity index (χ1n) is 10.6. The number of nitrogens with one attached hydrogen (secondary N) is 1. The predicted octanol–water partition coefficient (Wildman–Crippen LogP) is 5.09. The lowest BCUT2D eigenvalue weighted by molar-refractivity contribution is -0.127. The van der Waals surface area contributed by atoms with Gasteiger partial charge in [0, 0.05) is 11.3 Å². The number of rotatable bonds is 8. The molecule has 7 nitrogen and oxygen atoms in total. The number of carbonyl (C=O) groups excluding carboxylic acids is 3. The van der Waals surface area contributed by atoms with Gasteiger partial charge in [0.05, 0.1) is 12.0 Å². The van der Waals surface area contributed by atoms with E-state index in [0.29, 0.717) is 22.7 Å². The molecule has 1 saturated heterocycles. The van der Waals surface area contributed by atoms with Gasteiger partial charge in [-0.2, -0.15) is 0 Å².